The molecule has 0 aliphatic heterocycles. The van der Waals surface area contributed by atoms with Crippen molar-refractivity contribution in [3.8, 4) is 6.07 Å². The Kier molecular flexibility index (Phi) is 3.24. The van der Waals surface area contributed by atoms with Gasteiger partial charge >= 0.3 is 0 Å². The molecule has 4 heteroatoms. The first-order valence-electron chi connectivity index (χ1n) is 5.32. The molecular weight excluding hydrogens is 234 g/mol. The second-order valence-electron chi connectivity index (χ2n) is 3.92. The topological polar surface area (TPSA) is 35.8 Å². The number of benzene rings is 2. The van der Waals surface area contributed by atoms with Crippen molar-refractivity contribution in [1.82, 2.24) is 0 Å². The summed E-state index contributed by atoms with van der Waals surface area (Å²) in [4.78, 5) is 0. The minimum atomic E-state index is -0.636. The van der Waals surface area contributed by atoms with Crippen LogP contribution in [0, 0.1) is 29.9 Å². The molecule has 0 saturated heterocycles. The van der Waals surface area contributed by atoms with E-state index in [4.69, 9.17) is 5.26 Å². The molecule has 0 spiro atoms. The number of hydrogen-bond acceptors (Lipinski definition) is 2. The molecule has 2 nitrogen and oxygen atoms in total. The number of nitriles is 1. The van der Waals surface area contributed by atoms with Crippen LogP contribution in [0.2, 0.25) is 0 Å². The smallest absolute Gasteiger partial charge is 0.128 e. The predicted octanol–water partition coefficient (Wildman–Crippen LogP) is 3.89. The van der Waals surface area contributed by atoms with E-state index in [0.29, 0.717) is 16.9 Å². The maximum atomic E-state index is 13.0. The van der Waals surface area contributed by atoms with Crippen molar-refractivity contribution >= 4 is 11.4 Å². The first-order valence-corrected chi connectivity index (χ1v) is 5.32. The largest absolute Gasteiger partial charge is 0.355 e. The van der Waals surface area contributed by atoms with Crippen LogP contribution in [0.4, 0.5) is 20.2 Å². The van der Waals surface area contributed by atoms with Gasteiger partial charge in [-0.15, -0.1) is 0 Å². The number of halogens is 2. The lowest BCUT2D eigenvalue weighted by Crippen LogP contribution is -1.94. The number of rotatable bonds is 2. The van der Waals surface area contributed by atoms with Crippen molar-refractivity contribution in [2.45, 2.75) is 6.92 Å². The van der Waals surface area contributed by atoms with E-state index in [1.54, 1.807) is 25.1 Å². The van der Waals surface area contributed by atoms with E-state index in [1.165, 1.54) is 12.1 Å². The Hall–Kier alpha value is -2.41. The van der Waals surface area contributed by atoms with E-state index in [0.717, 1.165) is 11.6 Å². The van der Waals surface area contributed by atoms with Crippen LogP contribution >= 0.6 is 0 Å². The molecule has 90 valence electrons. The molecule has 0 fully saturated rings. The molecule has 1 N–H and O–H groups in total. The van der Waals surface area contributed by atoms with Gasteiger partial charge in [-0.1, -0.05) is 0 Å². The molecule has 2 rings (SSSR count). The summed E-state index contributed by atoms with van der Waals surface area (Å²) in [6, 6.07) is 10.4. The van der Waals surface area contributed by atoms with Crippen molar-refractivity contribution in [3.05, 3.63) is 59.2 Å². The molecule has 0 radical (unpaired) electrons. The van der Waals surface area contributed by atoms with Crippen molar-refractivity contribution in [2.75, 3.05) is 5.32 Å². The summed E-state index contributed by atoms with van der Waals surface area (Å²) in [6.45, 7) is 1.80. The van der Waals surface area contributed by atoms with Gasteiger partial charge in [0.15, 0.2) is 0 Å². The van der Waals surface area contributed by atoms with Crippen molar-refractivity contribution in [2.24, 2.45) is 0 Å². The van der Waals surface area contributed by atoms with Crippen molar-refractivity contribution in [3.63, 3.8) is 0 Å². The number of anilines is 2. The van der Waals surface area contributed by atoms with Crippen molar-refractivity contribution in [1.29, 1.82) is 5.26 Å². The number of nitrogens with zero attached hydrogens (tertiary/aromatic N) is 1. The Morgan fingerprint density at radius 1 is 1.00 bits per heavy atom. The average molecular weight is 244 g/mol. The lowest BCUT2D eigenvalue weighted by Gasteiger charge is -2.08. The third kappa shape index (κ3) is 2.64. The van der Waals surface area contributed by atoms with E-state index in [9.17, 15) is 8.78 Å². The zero-order chi connectivity index (χ0) is 13.1. The Balaban J connectivity index is 2.29. The number of aryl methyl sites for hydroxylation is 1. The highest BCUT2D eigenvalue weighted by Crippen LogP contribution is 2.21. The highest BCUT2D eigenvalue weighted by atomic mass is 19.1. The molecule has 0 saturated carbocycles. The van der Waals surface area contributed by atoms with E-state index >= 15 is 0 Å². The first-order chi connectivity index (χ1) is 8.58. The average Bonchev–Trinajstić information content (AvgIpc) is 2.27. The molecule has 0 unspecified atom stereocenters. The Bertz CT molecular complexity index is 610. The van der Waals surface area contributed by atoms with Crippen LogP contribution in [0.25, 0.3) is 0 Å². The van der Waals surface area contributed by atoms with Crippen LogP contribution in [-0.4, -0.2) is 0 Å². The van der Waals surface area contributed by atoms with Gasteiger partial charge in [0.05, 0.1) is 11.6 Å². The third-order valence-corrected chi connectivity index (χ3v) is 2.50. The Morgan fingerprint density at radius 2 is 1.67 bits per heavy atom. The summed E-state index contributed by atoms with van der Waals surface area (Å²) < 4.78 is 26.0. The van der Waals surface area contributed by atoms with Crippen LogP contribution < -0.4 is 5.32 Å². The zero-order valence-corrected chi connectivity index (χ0v) is 9.67. The van der Waals surface area contributed by atoms with Crippen LogP contribution in [0.3, 0.4) is 0 Å². The van der Waals surface area contributed by atoms with E-state index in [2.05, 4.69) is 11.4 Å². The van der Waals surface area contributed by atoms with Gasteiger partial charge in [0.25, 0.3) is 0 Å². The standard InChI is InChI=1S/C14H10F2N2/c1-9-4-13(3-2-10(9)8-17)18-14-6-11(15)5-12(16)7-14/h2-7,18H,1H3. The number of hydrogen-bond donors (Lipinski definition) is 1. The normalized spacial score (nSPS) is 9.89. The highest BCUT2D eigenvalue weighted by Gasteiger charge is 2.03. The van der Waals surface area contributed by atoms with Gasteiger partial charge in [0.2, 0.25) is 0 Å². The van der Waals surface area contributed by atoms with E-state index in [1.807, 2.05) is 0 Å². The molecule has 0 aliphatic carbocycles. The van der Waals surface area contributed by atoms with Crippen LogP contribution in [0.5, 0.6) is 0 Å². The monoisotopic (exact) mass is 244 g/mol. The summed E-state index contributed by atoms with van der Waals surface area (Å²) in [5, 5.41) is 11.7. The van der Waals surface area contributed by atoms with Crippen LogP contribution in [-0.2, 0) is 0 Å². The molecule has 0 aliphatic rings. The molecule has 2 aromatic carbocycles. The maximum Gasteiger partial charge on any atom is 0.128 e. The molecule has 0 amide bonds. The van der Waals surface area contributed by atoms with Gasteiger partial charge in [0.1, 0.15) is 11.6 Å². The fourth-order valence-electron chi connectivity index (χ4n) is 1.66. The van der Waals surface area contributed by atoms with Gasteiger partial charge in [0, 0.05) is 17.4 Å². The first kappa shape index (κ1) is 12.1. The SMILES string of the molecule is Cc1cc(Nc2cc(F)cc(F)c2)ccc1C#N. The van der Waals surface area contributed by atoms with Gasteiger partial charge < -0.3 is 5.32 Å². The summed E-state index contributed by atoms with van der Waals surface area (Å²) in [6.07, 6.45) is 0. The van der Waals surface area contributed by atoms with Gasteiger partial charge in [-0.25, -0.2) is 8.78 Å². The second kappa shape index (κ2) is 4.84. The molecule has 0 heterocycles. The third-order valence-electron chi connectivity index (χ3n) is 2.50. The van der Waals surface area contributed by atoms with Gasteiger partial charge in [-0.3, -0.25) is 0 Å². The summed E-state index contributed by atoms with van der Waals surface area (Å²) in [5.74, 6) is -1.27. The predicted molar refractivity (Wildman–Crippen MR) is 65.5 cm³/mol. The second-order valence-corrected chi connectivity index (χ2v) is 3.92. The lowest BCUT2D eigenvalue weighted by atomic mass is 10.1. The van der Waals surface area contributed by atoms with Gasteiger partial charge in [-0.2, -0.15) is 5.26 Å². The van der Waals surface area contributed by atoms with Crippen LogP contribution in [0.15, 0.2) is 36.4 Å². The molecule has 18 heavy (non-hydrogen) atoms. The van der Waals surface area contributed by atoms with Crippen molar-refractivity contribution < 1.29 is 8.78 Å². The lowest BCUT2D eigenvalue weighted by molar-refractivity contribution is 0.584. The molecule has 0 bridgehead atoms. The van der Waals surface area contributed by atoms with Crippen LogP contribution in [0.1, 0.15) is 11.1 Å². The summed E-state index contributed by atoms with van der Waals surface area (Å²) >= 11 is 0. The minimum absolute atomic E-state index is 0.330. The fourth-order valence-corrected chi connectivity index (χ4v) is 1.66. The Labute approximate surface area is 103 Å². The fraction of sp³-hybridized carbons (Fsp3) is 0.0714. The van der Waals surface area contributed by atoms with Gasteiger partial charge in [-0.05, 0) is 42.8 Å². The molecule has 2 aromatic rings. The van der Waals surface area contributed by atoms with E-state index < -0.39 is 11.6 Å². The summed E-state index contributed by atoms with van der Waals surface area (Å²) in [7, 11) is 0. The maximum absolute atomic E-state index is 13.0. The molecule has 0 atom stereocenters. The summed E-state index contributed by atoms with van der Waals surface area (Å²) in [5.41, 5.74) is 2.39. The highest BCUT2D eigenvalue weighted by molar-refractivity contribution is 5.62. The molecular formula is C14H10F2N2. The van der Waals surface area contributed by atoms with E-state index in [-0.39, 0.29) is 0 Å². The minimum Gasteiger partial charge on any atom is -0.355 e. The quantitative estimate of drug-likeness (QED) is 0.869. The number of nitrogens with one attached hydrogen (secondary N) is 1. The zero-order valence-electron chi connectivity index (χ0n) is 9.67. The molecule has 0 aromatic heterocycles. The Morgan fingerprint density at radius 3 is 2.22 bits per heavy atom.